The number of amides is 2. The Labute approximate surface area is 177 Å². The van der Waals surface area contributed by atoms with E-state index in [1.807, 2.05) is 6.92 Å². The number of nitrogens with one attached hydrogen (secondary N) is 3. The average molecular weight is 420 g/mol. The molecule has 2 amide bonds. The highest BCUT2D eigenvalue weighted by molar-refractivity contribution is 5.97. The summed E-state index contributed by atoms with van der Waals surface area (Å²) < 4.78 is 0. The van der Waals surface area contributed by atoms with E-state index < -0.39 is 17.0 Å². The summed E-state index contributed by atoms with van der Waals surface area (Å²) in [5.74, 6) is -0.559. The van der Waals surface area contributed by atoms with Crippen LogP contribution < -0.4 is 21.7 Å². The summed E-state index contributed by atoms with van der Waals surface area (Å²) in [6.45, 7) is 2.33. The molecule has 9 nitrogen and oxygen atoms in total. The number of hydrogen-bond donors (Lipinski definition) is 4. The van der Waals surface area contributed by atoms with Crippen molar-refractivity contribution in [3.05, 3.63) is 34.4 Å². The van der Waals surface area contributed by atoms with E-state index >= 15 is 0 Å². The van der Waals surface area contributed by atoms with Crippen molar-refractivity contribution in [2.24, 2.45) is 5.73 Å². The van der Waals surface area contributed by atoms with Crippen molar-refractivity contribution >= 4 is 23.2 Å². The second kappa shape index (κ2) is 12.2. The number of anilines is 1. The van der Waals surface area contributed by atoms with Gasteiger partial charge in [-0.3, -0.25) is 19.7 Å². The van der Waals surface area contributed by atoms with Gasteiger partial charge in [0.25, 0.3) is 5.69 Å². The first-order valence-corrected chi connectivity index (χ1v) is 10.7. The normalized spacial score (nSPS) is 16.5. The monoisotopic (exact) mass is 419 g/mol. The van der Waals surface area contributed by atoms with Crippen LogP contribution in [-0.4, -0.2) is 41.4 Å². The zero-order chi connectivity index (χ0) is 21.9. The Bertz CT molecular complexity index is 704. The third kappa shape index (κ3) is 7.72. The molecule has 9 heteroatoms. The van der Waals surface area contributed by atoms with Crippen LogP contribution in [0.4, 0.5) is 11.4 Å². The number of nitrogens with two attached hydrogens (primary N) is 1. The maximum absolute atomic E-state index is 12.8. The van der Waals surface area contributed by atoms with Crippen molar-refractivity contribution in [2.75, 3.05) is 11.9 Å². The quantitative estimate of drug-likeness (QED) is 0.247. The zero-order valence-corrected chi connectivity index (χ0v) is 17.6. The Morgan fingerprint density at radius 1 is 1.13 bits per heavy atom. The minimum atomic E-state index is -0.699. The van der Waals surface area contributed by atoms with E-state index in [4.69, 9.17) is 5.73 Å². The molecule has 1 fully saturated rings. The van der Waals surface area contributed by atoms with E-state index in [0.717, 1.165) is 19.3 Å². The molecule has 0 bridgehead atoms. The summed E-state index contributed by atoms with van der Waals surface area (Å²) in [7, 11) is 0. The largest absolute Gasteiger partial charge is 0.343 e. The molecule has 0 heterocycles. The summed E-state index contributed by atoms with van der Waals surface area (Å²) in [5.41, 5.74) is 5.94. The van der Waals surface area contributed by atoms with E-state index in [2.05, 4.69) is 16.0 Å². The molecule has 0 radical (unpaired) electrons. The van der Waals surface area contributed by atoms with Crippen LogP contribution in [-0.2, 0) is 9.59 Å². The van der Waals surface area contributed by atoms with Gasteiger partial charge in [0, 0.05) is 23.9 Å². The first-order chi connectivity index (χ1) is 14.4. The van der Waals surface area contributed by atoms with Gasteiger partial charge in [-0.2, -0.15) is 0 Å². The number of unbranched alkanes of at least 4 members (excludes halogenated alkanes) is 1. The molecule has 2 atom stereocenters. The number of rotatable bonds is 11. The van der Waals surface area contributed by atoms with Gasteiger partial charge in [-0.25, -0.2) is 0 Å². The van der Waals surface area contributed by atoms with Gasteiger partial charge in [-0.15, -0.1) is 0 Å². The third-order valence-corrected chi connectivity index (χ3v) is 5.41. The predicted molar refractivity (Wildman–Crippen MR) is 116 cm³/mol. The second-order valence-corrected chi connectivity index (χ2v) is 7.86. The number of nitrogens with zero attached hydrogens (tertiary/aromatic N) is 1. The van der Waals surface area contributed by atoms with Gasteiger partial charge >= 0.3 is 0 Å². The number of nitro groups is 1. The number of hydrogen-bond acceptors (Lipinski definition) is 6. The van der Waals surface area contributed by atoms with Crippen molar-refractivity contribution in [2.45, 2.75) is 76.4 Å². The van der Waals surface area contributed by atoms with Crippen molar-refractivity contribution in [1.29, 1.82) is 0 Å². The summed E-state index contributed by atoms with van der Waals surface area (Å²) in [6, 6.07) is 4.85. The maximum Gasteiger partial charge on any atom is 0.269 e. The van der Waals surface area contributed by atoms with Crippen molar-refractivity contribution < 1.29 is 14.5 Å². The summed E-state index contributed by atoms with van der Waals surface area (Å²) >= 11 is 0. The summed E-state index contributed by atoms with van der Waals surface area (Å²) in [6.07, 6.45) is 7.66. The van der Waals surface area contributed by atoms with E-state index in [9.17, 15) is 19.7 Å². The Morgan fingerprint density at radius 3 is 2.40 bits per heavy atom. The third-order valence-electron chi connectivity index (χ3n) is 5.41. The van der Waals surface area contributed by atoms with Crippen molar-refractivity contribution in [3.8, 4) is 0 Å². The second-order valence-electron chi connectivity index (χ2n) is 7.86. The lowest BCUT2D eigenvalue weighted by Gasteiger charge is -2.27. The van der Waals surface area contributed by atoms with Crippen LogP contribution in [0.15, 0.2) is 24.3 Å². The fourth-order valence-corrected chi connectivity index (χ4v) is 3.65. The summed E-state index contributed by atoms with van der Waals surface area (Å²) in [5, 5.41) is 19.7. The fourth-order valence-electron chi connectivity index (χ4n) is 3.65. The number of nitro benzene ring substituents is 1. The fraction of sp³-hybridized carbons (Fsp3) is 0.619. The lowest BCUT2D eigenvalue weighted by molar-refractivity contribution is -0.384. The number of carbonyl (C=O) groups is 2. The molecule has 0 aliphatic heterocycles. The topological polar surface area (TPSA) is 139 Å². The van der Waals surface area contributed by atoms with Crippen molar-refractivity contribution in [1.82, 2.24) is 10.6 Å². The van der Waals surface area contributed by atoms with Crippen LogP contribution in [0.25, 0.3) is 0 Å². The zero-order valence-electron chi connectivity index (χ0n) is 17.6. The van der Waals surface area contributed by atoms with E-state index in [0.29, 0.717) is 31.1 Å². The molecule has 5 N–H and O–H groups in total. The van der Waals surface area contributed by atoms with Gasteiger partial charge in [0.2, 0.25) is 11.8 Å². The number of non-ortho nitro benzene ring substituents is 1. The molecule has 166 valence electrons. The van der Waals surface area contributed by atoms with E-state index in [1.54, 1.807) is 0 Å². The van der Waals surface area contributed by atoms with E-state index in [-0.39, 0.29) is 17.5 Å². The van der Waals surface area contributed by atoms with Crippen LogP contribution >= 0.6 is 0 Å². The van der Waals surface area contributed by atoms with Crippen LogP contribution in [0.3, 0.4) is 0 Å². The minimum Gasteiger partial charge on any atom is -0.343 e. The number of benzene rings is 1. The molecule has 30 heavy (non-hydrogen) atoms. The molecule has 2 rings (SSSR count). The highest BCUT2D eigenvalue weighted by Gasteiger charge is 2.25. The molecular formula is C21H33N5O4. The Hall–Kier alpha value is -2.52. The predicted octanol–water partition coefficient (Wildman–Crippen LogP) is 2.46. The lowest BCUT2D eigenvalue weighted by Crippen LogP contribution is -2.52. The molecule has 1 aromatic rings. The van der Waals surface area contributed by atoms with Gasteiger partial charge in [0.15, 0.2) is 0 Å². The highest BCUT2D eigenvalue weighted by atomic mass is 16.6. The molecule has 0 saturated heterocycles. The first kappa shape index (κ1) is 23.8. The Kier molecular flexibility index (Phi) is 9.69. The molecular weight excluding hydrogens is 386 g/mol. The highest BCUT2D eigenvalue weighted by Crippen LogP contribution is 2.18. The molecule has 1 aliphatic carbocycles. The van der Waals surface area contributed by atoms with Gasteiger partial charge in [0.1, 0.15) is 6.04 Å². The van der Waals surface area contributed by atoms with Gasteiger partial charge in [0.05, 0.1) is 11.0 Å². The van der Waals surface area contributed by atoms with E-state index in [1.165, 1.54) is 43.5 Å². The Balaban J connectivity index is 1.95. The molecule has 1 saturated carbocycles. The molecule has 1 aliphatic rings. The first-order valence-electron chi connectivity index (χ1n) is 10.7. The molecule has 0 unspecified atom stereocenters. The van der Waals surface area contributed by atoms with Crippen LogP contribution in [0.2, 0.25) is 0 Å². The van der Waals surface area contributed by atoms with Gasteiger partial charge in [-0.05, 0) is 57.7 Å². The molecule has 0 aromatic heterocycles. The number of carbonyl (C=O) groups excluding carboxylic acids is 2. The van der Waals surface area contributed by atoms with Crippen LogP contribution in [0.5, 0.6) is 0 Å². The Morgan fingerprint density at radius 2 is 1.80 bits per heavy atom. The minimum absolute atomic E-state index is 0.0524. The SMILES string of the molecule is C[C@H](NC1CCCCC1)C(=O)N[C@@H](CCCCN)C(=O)Nc1ccc([N+](=O)[O-])cc1. The lowest BCUT2D eigenvalue weighted by atomic mass is 9.95. The van der Waals surface area contributed by atoms with Crippen LogP contribution in [0, 0.1) is 10.1 Å². The smallest absolute Gasteiger partial charge is 0.269 e. The van der Waals surface area contributed by atoms with Crippen molar-refractivity contribution in [3.63, 3.8) is 0 Å². The molecule has 1 aromatic carbocycles. The van der Waals surface area contributed by atoms with Gasteiger partial charge < -0.3 is 21.7 Å². The van der Waals surface area contributed by atoms with Crippen LogP contribution in [0.1, 0.15) is 58.3 Å². The summed E-state index contributed by atoms with van der Waals surface area (Å²) in [4.78, 5) is 35.7. The average Bonchev–Trinajstić information content (AvgIpc) is 2.74. The van der Waals surface area contributed by atoms with Gasteiger partial charge in [-0.1, -0.05) is 19.3 Å². The maximum atomic E-state index is 12.8. The standard InChI is InChI=1S/C21H33N5O4/c1-15(23-16-7-3-2-4-8-16)20(27)25-19(9-5-6-14-22)21(28)24-17-10-12-18(13-11-17)26(29)30/h10-13,15-16,19,23H,2-9,14,22H2,1H3,(H,24,28)(H,25,27)/t15-,19-/m0/s1. The molecule has 0 spiro atoms.